The van der Waals surface area contributed by atoms with Crippen molar-refractivity contribution in [2.75, 3.05) is 13.2 Å². The van der Waals surface area contributed by atoms with Crippen LogP contribution in [-0.4, -0.2) is 46.7 Å². The number of hydrogen-bond acceptors (Lipinski definition) is 5. The lowest BCUT2D eigenvalue weighted by Gasteiger charge is -2.60. The molecule has 2 aliphatic carbocycles. The number of ether oxygens (including phenoxy) is 1. The fourth-order valence-electron chi connectivity index (χ4n) is 5.12. The van der Waals surface area contributed by atoms with Crippen LogP contribution in [0.5, 0.6) is 0 Å². The van der Waals surface area contributed by atoms with E-state index in [1.165, 1.54) is 0 Å². The largest absolute Gasteiger partial charge is 0.458 e. The molecule has 0 spiro atoms. The Labute approximate surface area is 148 Å². The number of hydrogen-bond donors (Lipinski definition) is 3. The first-order valence-corrected chi connectivity index (χ1v) is 8.95. The molecule has 3 N–H and O–H groups in total. The van der Waals surface area contributed by atoms with Gasteiger partial charge in [-0.05, 0) is 42.2 Å². The van der Waals surface area contributed by atoms with Crippen LogP contribution in [0.15, 0.2) is 36.0 Å². The summed E-state index contributed by atoms with van der Waals surface area (Å²) in [4.78, 5) is 11.7. The third-order valence-corrected chi connectivity index (χ3v) is 6.87. The molecule has 0 amide bonds. The van der Waals surface area contributed by atoms with Gasteiger partial charge in [-0.25, -0.2) is 4.79 Å². The molecule has 3 aliphatic rings. The Kier molecular flexibility index (Phi) is 4.69. The zero-order chi connectivity index (χ0) is 18.4. The van der Waals surface area contributed by atoms with Crippen molar-refractivity contribution >= 4 is 5.97 Å². The van der Waals surface area contributed by atoms with Crippen molar-refractivity contribution < 1.29 is 24.9 Å². The second-order valence-electron chi connectivity index (χ2n) is 8.20. The predicted molar refractivity (Wildman–Crippen MR) is 93.5 cm³/mol. The van der Waals surface area contributed by atoms with E-state index in [0.29, 0.717) is 25.0 Å². The number of carbonyl (C=O) groups excluding carboxylic acids is 1. The molecule has 1 aliphatic heterocycles. The summed E-state index contributed by atoms with van der Waals surface area (Å²) < 4.78 is 4.93. The molecule has 6 atom stereocenters. The fourth-order valence-corrected chi connectivity index (χ4v) is 5.12. The van der Waals surface area contributed by atoms with E-state index in [9.17, 15) is 20.1 Å². The van der Waals surface area contributed by atoms with Gasteiger partial charge < -0.3 is 20.1 Å². The van der Waals surface area contributed by atoms with Crippen molar-refractivity contribution in [1.82, 2.24) is 0 Å². The number of fused-ring (bicyclic) bond motifs is 1. The molecule has 6 unspecified atom stereocenters. The summed E-state index contributed by atoms with van der Waals surface area (Å²) in [6, 6.07) is 0. The highest BCUT2D eigenvalue weighted by molar-refractivity contribution is 5.93. The van der Waals surface area contributed by atoms with E-state index in [2.05, 4.69) is 13.5 Å². The van der Waals surface area contributed by atoms with Gasteiger partial charge in [-0.1, -0.05) is 32.6 Å². The maximum absolute atomic E-state index is 11.7. The molecule has 0 saturated heterocycles. The number of carbonyl (C=O) groups is 1. The maximum atomic E-state index is 11.7. The van der Waals surface area contributed by atoms with E-state index in [0.717, 1.165) is 12.0 Å². The quantitative estimate of drug-likeness (QED) is 0.534. The van der Waals surface area contributed by atoms with Gasteiger partial charge in [0.05, 0.1) is 24.4 Å². The third-order valence-electron chi connectivity index (χ3n) is 6.87. The maximum Gasteiger partial charge on any atom is 0.338 e. The van der Waals surface area contributed by atoms with Gasteiger partial charge in [0.2, 0.25) is 0 Å². The Morgan fingerprint density at radius 1 is 1.40 bits per heavy atom. The number of rotatable bonds is 3. The molecular formula is C20H28O5. The predicted octanol–water partition coefficient (Wildman–Crippen LogP) is 1.74. The summed E-state index contributed by atoms with van der Waals surface area (Å²) in [5.41, 5.74) is 0.353. The van der Waals surface area contributed by atoms with Crippen LogP contribution in [-0.2, 0) is 9.53 Å². The first-order chi connectivity index (χ1) is 11.7. The first-order valence-electron chi connectivity index (χ1n) is 8.95. The van der Waals surface area contributed by atoms with Crippen LogP contribution in [0.2, 0.25) is 0 Å². The average molecular weight is 348 g/mol. The van der Waals surface area contributed by atoms with E-state index in [4.69, 9.17) is 4.74 Å². The van der Waals surface area contributed by atoms with E-state index in [-0.39, 0.29) is 29.8 Å². The molecule has 5 heteroatoms. The number of cyclic esters (lactones) is 1. The molecule has 0 aromatic carbocycles. The minimum Gasteiger partial charge on any atom is -0.458 e. The van der Waals surface area contributed by atoms with Gasteiger partial charge in [0.1, 0.15) is 6.61 Å². The van der Waals surface area contributed by atoms with E-state index < -0.39 is 17.6 Å². The zero-order valence-corrected chi connectivity index (χ0v) is 14.9. The Bertz CT molecular complexity index is 636. The van der Waals surface area contributed by atoms with Gasteiger partial charge >= 0.3 is 5.97 Å². The van der Waals surface area contributed by atoms with Gasteiger partial charge in [-0.2, -0.15) is 0 Å². The molecule has 138 valence electrons. The highest BCUT2D eigenvalue weighted by Crippen LogP contribution is 2.61. The van der Waals surface area contributed by atoms with E-state index >= 15 is 0 Å². The monoisotopic (exact) mass is 348 g/mol. The molecule has 0 aromatic heterocycles. The van der Waals surface area contributed by atoms with Gasteiger partial charge in [0.25, 0.3) is 0 Å². The Morgan fingerprint density at radius 2 is 2.12 bits per heavy atom. The third kappa shape index (κ3) is 2.78. The molecule has 2 saturated carbocycles. The van der Waals surface area contributed by atoms with Crippen LogP contribution in [0.25, 0.3) is 0 Å². The fraction of sp³-hybridized carbons (Fsp3) is 0.650. The summed E-state index contributed by atoms with van der Waals surface area (Å²) in [6.45, 7) is 8.32. The number of aliphatic hydroxyl groups excluding tert-OH is 3. The molecular weight excluding hydrogens is 320 g/mol. The van der Waals surface area contributed by atoms with Crippen molar-refractivity contribution in [2.45, 2.75) is 45.3 Å². The highest BCUT2D eigenvalue weighted by Gasteiger charge is 2.58. The van der Waals surface area contributed by atoms with Crippen molar-refractivity contribution in [3.05, 3.63) is 36.0 Å². The number of esters is 1. The lowest BCUT2D eigenvalue weighted by atomic mass is 9.46. The molecule has 2 fully saturated rings. The Balaban J connectivity index is 1.97. The minimum atomic E-state index is -0.687. The lowest BCUT2D eigenvalue weighted by Crippen LogP contribution is -2.59. The second-order valence-corrected chi connectivity index (χ2v) is 8.20. The smallest absolute Gasteiger partial charge is 0.338 e. The molecule has 5 nitrogen and oxygen atoms in total. The standard InChI is InChI=1S/C20H28O5/c1-12-14(5-4-13-7-9-25-18(13)24)19(2)8-6-17(23)20(3,11-21)16(19)10-15(12)22/h4-5,7,14-17,21-23H,1,6,8-11H2,2-3H3/b5-4+. The lowest BCUT2D eigenvalue weighted by molar-refractivity contribution is -0.158. The van der Waals surface area contributed by atoms with Gasteiger partial charge in [-0.15, -0.1) is 0 Å². The SMILES string of the molecule is C=C1C(O)CC2C(C)(CO)C(O)CCC2(C)C1/C=C/C1=CCOC1=O. The van der Waals surface area contributed by atoms with Crippen LogP contribution in [0.3, 0.4) is 0 Å². The summed E-state index contributed by atoms with van der Waals surface area (Å²) in [5.74, 6) is -0.512. The first kappa shape index (κ1) is 18.4. The Hall–Kier alpha value is -1.43. The van der Waals surface area contributed by atoms with Crippen molar-refractivity contribution in [3.63, 3.8) is 0 Å². The van der Waals surface area contributed by atoms with Crippen molar-refractivity contribution in [3.8, 4) is 0 Å². The van der Waals surface area contributed by atoms with E-state index in [1.54, 1.807) is 12.2 Å². The minimum absolute atomic E-state index is 0.0478. The molecule has 3 rings (SSSR count). The molecule has 0 aromatic rings. The van der Waals surface area contributed by atoms with E-state index in [1.807, 2.05) is 13.0 Å². The number of aliphatic hydroxyl groups is 3. The molecule has 0 radical (unpaired) electrons. The normalized spacial score (nSPS) is 44.6. The summed E-state index contributed by atoms with van der Waals surface area (Å²) in [6.07, 6.45) is 6.01. The van der Waals surface area contributed by atoms with Crippen LogP contribution < -0.4 is 0 Å². The van der Waals surface area contributed by atoms with Crippen LogP contribution in [0.4, 0.5) is 0 Å². The van der Waals surface area contributed by atoms with Crippen molar-refractivity contribution in [2.24, 2.45) is 22.7 Å². The van der Waals surface area contributed by atoms with Gasteiger partial charge in [0, 0.05) is 11.3 Å². The molecule has 25 heavy (non-hydrogen) atoms. The topological polar surface area (TPSA) is 87.0 Å². The average Bonchev–Trinajstić information content (AvgIpc) is 2.99. The van der Waals surface area contributed by atoms with Gasteiger partial charge in [-0.3, -0.25) is 0 Å². The number of allylic oxidation sites excluding steroid dienone is 1. The zero-order valence-electron chi connectivity index (χ0n) is 14.9. The highest BCUT2D eigenvalue weighted by atomic mass is 16.5. The van der Waals surface area contributed by atoms with Crippen LogP contribution in [0.1, 0.15) is 33.1 Å². The van der Waals surface area contributed by atoms with Gasteiger partial charge in [0.15, 0.2) is 0 Å². The van der Waals surface area contributed by atoms with Crippen LogP contribution >= 0.6 is 0 Å². The summed E-state index contributed by atoms with van der Waals surface area (Å²) in [7, 11) is 0. The second kappa shape index (κ2) is 6.38. The summed E-state index contributed by atoms with van der Waals surface area (Å²) >= 11 is 0. The van der Waals surface area contributed by atoms with Crippen molar-refractivity contribution in [1.29, 1.82) is 0 Å². The summed E-state index contributed by atoms with van der Waals surface area (Å²) in [5, 5.41) is 31.1. The molecule has 1 heterocycles. The Morgan fingerprint density at radius 3 is 2.72 bits per heavy atom. The van der Waals surface area contributed by atoms with Crippen LogP contribution in [0, 0.1) is 22.7 Å². The molecule has 0 bridgehead atoms.